The summed E-state index contributed by atoms with van der Waals surface area (Å²) >= 11 is 0. The van der Waals surface area contributed by atoms with Crippen molar-refractivity contribution in [1.29, 1.82) is 0 Å². The molecule has 2 heterocycles. The summed E-state index contributed by atoms with van der Waals surface area (Å²) in [5.41, 5.74) is 12.7. The van der Waals surface area contributed by atoms with Crippen LogP contribution in [-0.4, -0.2) is 19.5 Å². The fraction of sp³-hybridized carbons (Fsp3) is 0.0714. The second-order valence-electron chi connectivity index (χ2n) is 11.9. The molecule has 0 aliphatic rings. The molecule has 0 radical (unpaired) electrons. The van der Waals surface area contributed by atoms with Crippen molar-refractivity contribution in [3.63, 3.8) is 0 Å². The van der Waals surface area contributed by atoms with E-state index in [-0.39, 0.29) is 0 Å². The lowest BCUT2D eigenvalue weighted by Crippen LogP contribution is -2.00. The van der Waals surface area contributed by atoms with Gasteiger partial charge in [0, 0.05) is 33.2 Å². The zero-order valence-electron chi connectivity index (χ0n) is 26.1. The molecule has 0 N–H and O–H groups in total. The number of rotatable bonds is 5. The highest BCUT2D eigenvalue weighted by molar-refractivity contribution is 6.10. The van der Waals surface area contributed by atoms with Gasteiger partial charge in [-0.05, 0) is 79.4 Å². The molecule has 0 saturated carbocycles. The fourth-order valence-electron chi connectivity index (χ4n) is 6.74. The highest BCUT2D eigenvalue weighted by Crippen LogP contribution is 2.37. The third kappa shape index (κ3) is 4.85. The number of aryl methyl sites for hydroxylation is 3. The molecule has 6 aromatic carbocycles. The molecule has 0 bridgehead atoms. The summed E-state index contributed by atoms with van der Waals surface area (Å²) < 4.78 is 2.37. The lowest BCUT2D eigenvalue weighted by Gasteiger charge is -2.13. The first-order chi connectivity index (χ1) is 22.5. The van der Waals surface area contributed by atoms with E-state index in [4.69, 9.17) is 15.0 Å². The van der Waals surface area contributed by atoms with E-state index in [9.17, 15) is 0 Å². The van der Waals surface area contributed by atoms with E-state index >= 15 is 0 Å². The lowest BCUT2D eigenvalue weighted by molar-refractivity contribution is 1.07. The van der Waals surface area contributed by atoms with Gasteiger partial charge in [-0.3, -0.25) is 0 Å². The molecule has 0 aliphatic heterocycles. The predicted molar refractivity (Wildman–Crippen MR) is 190 cm³/mol. The van der Waals surface area contributed by atoms with E-state index in [0.717, 1.165) is 22.4 Å². The van der Waals surface area contributed by atoms with Gasteiger partial charge in [0.25, 0.3) is 0 Å². The molecule has 0 amide bonds. The number of fused-ring (bicyclic) bond motifs is 3. The van der Waals surface area contributed by atoms with Gasteiger partial charge in [-0.1, -0.05) is 109 Å². The van der Waals surface area contributed by atoms with E-state index in [1.165, 1.54) is 49.6 Å². The minimum atomic E-state index is 0.647. The van der Waals surface area contributed by atoms with E-state index in [1.54, 1.807) is 0 Å². The minimum Gasteiger partial charge on any atom is -0.309 e. The normalized spacial score (nSPS) is 11.4. The maximum atomic E-state index is 4.93. The van der Waals surface area contributed by atoms with E-state index < -0.39 is 0 Å². The second kappa shape index (κ2) is 11.2. The van der Waals surface area contributed by atoms with Crippen LogP contribution in [0.15, 0.2) is 140 Å². The topological polar surface area (TPSA) is 43.6 Å². The number of hydrogen-bond acceptors (Lipinski definition) is 3. The van der Waals surface area contributed by atoms with Crippen LogP contribution in [0.3, 0.4) is 0 Å². The Morgan fingerprint density at radius 2 is 0.891 bits per heavy atom. The third-order valence-electron chi connectivity index (χ3n) is 8.72. The van der Waals surface area contributed by atoms with Crippen LogP contribution in [0.4, 0.5) is 0 Å². The summed E-state index contributed by atoms with van der Waals surface area (Å²) in [7, 11) is 0. The van der Waals surface area contributed by atoms with Gasteiger partial charge >= 0.3 is 0 Å². The first-order valence-corrected chi connectivity index (χ1v) is 15.6. The van der Waals surface area contributed by atoms with Gasteiger partial charge in [-0.2, -0.15) is 0 Å². The van der Waals surface area contributed by atoms with Gasteiger partial charge in [0.05, 0.1) is 11.0 Å². The van der Waals surface area contributed by atoms with Crippen LogP contribution in [0.2, 0.25) is 0 Å². The first kappa shape index (κ1) is 27.7. The van der Waals surface area contributed by atoms with Crippen molar-refractivity contribution in [2.45, 2.75) is 20.8 Å². The number of para-hydroxylation sites is 1. The summed E-state index contributed by atoms with van der Waals surface area (Å²) in [6.07, 6.45) is 0. The Balaban J connectivity index is 1.27. The molecule has 0 fully saturated rings. The smallest absolute Gasteiger partial charge is 0.164 e. The van der Waals surface area contributed by atoms with Crippen LogP contribution in [0.1, 0.15) is 16.7 Å². The van der Waals surface area contributed by atoms with Crippen molar-refractivity contribution in [3.8, 4) is 51.0 Å². The van der Waals surface area contributed by atoms with Crippen molar-refractivity contribution in [1.82, 2.24) is 19.5 Å². The third-order valence-corrected chi connectivity index (χ3v) is 8.72. The van der Waals surface area contributed by atoms with Gasteiger partial charge < -0.3 is 4.57 Å². The second-order valence-corrected chi connectivity index (χ2v) is 11.9. The Bertz CT molecular complexity index is 2290. The number of benzene rings is 6. The van der Waals surface area contributed by atoms with Gasteiger partial charge in [0.15, 0.2) is 17.5 Å². The van der Waals surface area contributed by atoms with Crippen molar-refractivity contribution >= 4 is 21.8 Å². The highest BCUT2D eigenvalue weighted by Gasteiger charge is 2.16. The maximum absolute atomic E-state index is 4.93. The van der Waals surface area contributed by atoms with E-state index in [0.29, 0.717) is 17.5 Å². The largest absolute Gasteiger partial charge is 0.309 e. The van der Waals surface area contributed by atoms with Gasteiger partial charge in [0.2, 0.25) is 0 Å². The van der Waals surface area contributed by atoms with Crippen LogP contribution in [0.25, 0.3) is 72.8 Å². The summed E-state index contributed by atoms with van der Waals surface area (Å²) in [6, 6.07) is 48.8. The lowest BCUT2D eigenvalue weighted by atomic mass is 9.93. The fourth-order valence-corrected chi connectivity index (χ4v) is 6.74. The molecule has 0 unspecified atom stereocenters. The SMILES string of the molecule is Cc1cc(C)c(-c2ccc3c4ccccc4n(-c4ccc(-c5nc(-c6ccccc6)nc(-c6ccccc6)n5)cc4)c3c2)c(C)c1. The minimum absolute atomic E-state index is 0.647. The molecule has 8 rings (SSSR count). The number of hydrogen-bond donors (Lipinski definition) is 0. The Labute approximate surface area is 268 Å². The monoisotopic (exact) mass is 592 g/mol. The van der Waals surface area contributed by atoms with Crippen LogP contribution in [-0.2, 0) is 0 Å². The standard InChI is InChI=1S/C42H32N4/c1-27-24-28(2)39(29(3)25-27)33-20-23-36-35-16-10-11-17-37(35)46(38(36)26-33)34-21-18-32(19-22-34)42-44-40(30-12-6-4-7-13-30)43-41(45-42)31-14-8-5-9-15-31/h4-26H,1-3H3. The van der Waals surface area contributed by atoms with Crippen LogP contribution in [0, 0.1) is 20.8 Å². The number of aromatic nitrogens is 4. The van der Waals surface area contributed by atoms with Crippen molar-refractivity contribution in [2.24, 2.45) is 0 Å². The average molecular weight is 593 g/mol. The molecule has 220 valence electrons. The maximum Gasteiger partial charge on any atom is 0.164 e. The molecule has 0 aliphatic carbocycles. The Hall–Kier alpha value is -5.87. The van der Waals surface area contributed by atoms with Crippen LogP contribution >= 0.6 is 0 Å². The molecular weight excluding hydrogens is 560 g/mol. The highest BCUT2D eigenvalue weighted by atomic mass is 15.0. The molecule has 0 saturated heterocycles. The number of nitrogens with zero attached hydrogens (tertiary/aromatic N) is 4. The molecule has 46 heavy (non-hydrogen) atoms. The van der Waals surface area contributed by atoms with Crippen molar-refractivity contribution in [2.75, 3.05) is 0 Å². The zero-order valence-corrected chi connectivity index (χ0v) is 26.1. The Kier molecular flexibility index (Phi) is 6.76. The van der Waals surface area contributed by atoms with E-state index in [1.807, 2.05) is 60.7 Å². The Morgan fingerprint density at radius 3 is 1.48 bits per heavy atom. The molecule has 2 aromatic heterocycles. The van der Waals surface area contributed by atoms with Crippen LogP contribution in [0.5, 0.6) is 0 Å². The molecule has 0 spiro atoms. The van der Waals surface area contributed by atoms with Crippen LogP contribution < -0.4 is 0 Å². The van der Waals surface area contributed by atoms with Gasteiger partial charge in [0.1, 0.15) is 0 Å². The summed E-state index contributed by atoms with van der Waals surface area (Å²) in [5.74, 6) is 1.96. The van der Waals surface area contributed by atoms with Gasteiger partial charge in [-0.25, -0.2) is 15.0 Å². The average Bonchev–Trinajstić information content (AvgIpc) is 3.42. The predicted octanol–water partition coefficient (Wildman–Crippen LogP) is 10.6. The molecular formula is C42H32N4. The molecule has 0 atom stereocenters. The summed E-state index contributed by atoms with van der Waals surface area (Å²) in [5, 5.41) is 2.48. The quantitative estimate of drug-likeness (QED) is 0.200. The Morgan fingerprint density at radius 1 is 0.413 bits per heavy atom. The molecule has 4 heteroatoms. The summed E-state index contributed by atoms with van der Waals surface area (Å²) in [4.78, 5) is 14.7. The zero-order chi connectivity index (χ0) is 31.2. The van der Waals surface area contributed by atoms with Crippen molar-refractivity contribution < 1.29 is 0 Å². The first-order valence-electron chi connectivity index (χ1n) is 15.6. The van der Waals surface area contributed by atoms with Crippen molar-refractivity contribution in [3.05, 3.63) is 156 Å². The molecule has 4 nitrogen and oxygen atoms in total. The summed E-state index contributed by atoms with van der Waals surface area (Å²) in [6.45, 7) is 6.58. The molecule has 8 aromatic rings. The van der Waals surface area contributed by atoms with E-state index in [2.05, 4.69) is 104 Å². The van der Waals surface area contributed by atoms with Gasteiger partial charge in [-0.15, -0.1) is 0 Å².